The molecule has 118 valence electrons. The van der Waals surface area contributed by atoms with Crippen LogP contribution in [0.1, 0.15) is 38.7 Å². The third-order valence-electron chi connectivity index (χ3n) is 4.15. The Bertz CT molecular complexity index is 488. The molecule has 0 spiro atoms. The summed E-state index contributed by atoms with van der Waals surface area (Å²) in [6.45, 7) is 5.85. The summed E-state index contributed by atoms with van der Waals surface area (Å²) >= 11 is 5.76. The molecule has 2 nitrogen and oxygen atoms in total. The maximum absolute atomic E-state index is 12.9. The minimum atomic E-state index is -4.40. The number of anilines is 1. The highest BCUT2D eigenvalue weighted by Crippen LogP contribution is 2.34. The molecule has 1 aliphatic rings. The van der Waals surface area contributed by atoms with E-state index in [1.165, 1.54) is 0 Å². The van der Waals surface area contributed by atoms with Crippen LogP contribution >= 0.6 is 11.6 Å². The standard InChI is InChI=1S/C15H20ClF3N2/c1-10(2)11-4-3-6-21(7-5-11)14-9-12(15(17,18)19)8-13(16)20-14/h8-11H,3-7H2,1-2H3. The number of aromatic nitrogens is 1. The third kappa shape index (κ3) is 4.25. The largest absolute Gasteiger partial charge is 0.416 e. The summed E-state index contributed by atoms with van der Waals surface area (Å²) in [5.41, 5.74) is -0.734. The van der Waals surface area contributed by atoms with Crippen molar-refractivity contribution >= 4 is 17.4 Å². The molecular formula is C15H20ClF3N2. The zero-order chi connectivity index (χ0) is 15.6. The van der Waals surface area contributed by atoms with E-state index in [9.17, 15) is 13.2 Å². The number of hydrogen-bond donors (Lipinski definition) is 0. The van der Waals surface area contributed by atoms with Crippen molar-refractivity contribution in [3.63, 3.8) is 0 Å². The Morgan fingerprint density at radius 2 is 1.95 bits per heavy atom. The van der Waals surface area contributed by atoms with Crippen molar-refractivity contribution in [2.45, 2.75) is 39.3 Å². The lowest BCUT2D eigenvalue weighted by Gasteiger charge is -2.23. The van der Waals surface area contributed by atoms with Crippen LogP contribution in [0.2, 0.25) is 5.15 Å². The van der Waals surface area contributed by atoms with Crippen LogP contribution < -0.4 is 4.90 Å². The zero-order valence-electron chi connectivity index (χ0n) is 12.3. The highest BCUT2D eigenvalue weighted by molar-refractivity contribution is 6.29. The SMILES string of the molecule is CC(C)C1CCCN(c2cc(C(F)(F)F)cc(Cl)n2)CC1. The summed E-state index contributed by atoms with van der Waals surface area (Å²) in [6.07, 6.45) is -1.33. The van der Waals surface area contributed by atoms with Gasteiger partial charge in [0, 0.05) is 13.1 Å². The molecule has 21 heavy (non-hydrogen) atoms. The average molecular weight is 321 g/mol. The Morgan fingerprint density at radius 3 is 2.57 bits per heavy atom. The second kappa shape index (κ2) is 6.42. The quantitative estimate of drug-likeness (QED) is 0.712. The van der Waals surface area contributed by atoms with Gasteiger partial charge in [-0.1, -0.05) is 25.4 Å². The Hall–Kier alpha value is -0.970. The molecule has 6 heteroatoms. The van der Waals surface area contributed by atoms with Gasteiger partial charge in [-0.3, -0.25) is 0 Å². The van der Waals surface area contributed by atoms with Gasteiger partial charge >= 0.3 is 6.18 Å². The van der Waals surface area contributed by atoms with E-state index in [2.05, 4.69) is 18.8 Å². The van der Waals surface area contributed by atoms with E-state index in [1.54, 1.807) is 0 Å². The van der Waals surface area contributed by atoms with E-state index in [1.807, 2.05) is 4.90 Å². The molecule has 1 aliphatic heterocycles. The predicted molar refractivity (Wildman–Crippen MR) is 78.6 cm³/mol. The fourth-order valence-corrected chi connectivity index (χ4v) is 3.03. The molecule has 1 saturated heterocycles. The van der Waals surface area contributed by atoms with E-state index < -0.39 is 11.7 Å². The Balaban J connectivity index is 2.20. The summed E-state index contributed by atoms with van der Waals surface area (Å²) in [5, 5.41) is -0.107. The van der Waals surface area contributed by atoms with Gasteiger partial charge in [-0.05, 0) is 43.2 Å². The molecular weight excluding hydrogens is 301 g/mol. The maximum Gasteiger partial charge on any atom is 0.416 e. The summed E-state index contributed by atoms with van der Waals surface area (Å²) < 4.78 is 38.6. The first-order valence-electron chi connectivity index (χ1n) is 7.27. The van der Waals surface area contributed by atoms with Crippen molar-refractivity contribution in [3.8, 4) is 0 Å². The lowest BCUT2D eigenvalue weighted by molar-refractivity contribution is -0.137. The van der Waals surface area contributed by atoms with Crippen molar-refractivity contribution in [2.75, 3.05) is 18.0 Å². The summed E-state index contributed by atoms with van der Waals surface area (Å²) in [6, 6.07) is 1.97. The van der Waals surface area contributed by atoms with Gasteiger partial charge in [0.1, 0.15) is 11.0 Å². The molecule has 1 fully saturated rings. The van der Waals surface area contributed by atoms with E-state index >= 15 is 0 Å². The van der Waals surface area contributed by atoms with Gasteiger partial charge in [0.2, 0.25) is 0 Å². The van der Waals surface area contributed by atoms with Gasteiger partial charge in [0.25, 0.3) is 0 Å². The van der Waals surface area contributed by atoms with Gasteiger partial charge in [0.15, 0.2) is 0 Å². The van der Waals surface area contributed by atoms with Gasteiger partial charge in [-0.15, -0.1) is 0 Å². The first-order valence-corrected chi connectivity index (χ1v) is 7.65. The van der Waals surface area contributed by atoms with E-state index in [4.69, 9.17) is 11.6 Å². The third-order valence-corrected chi connectivity index (χ3v) is 4.34. The number of alkyl halides is 3. The zero-order valence-corrected chi connectivity index (χ0v) is 13.0. The smallest absolute Gasteiger partial charge is 0.357 e. The van der Waals surface area contributed by atoms with Gasteiger partial charge in [-0.25, -0.2) is 4.98 Å². The van der Waals surface area contributed by atoms with Crippen LogP contribution in [0.15, 0.2) is 12.1 Å². The van der Waals surface area contributed by atoms with Crippen molar-refractivity contribution < 1.29 is 13.2 Å². The van der Waals surface area contributed by atoms with E-state index in [-0.39, 0.29) is 5.15 Å². The topological polar surface area (TPSA) is 16.1 Å². The fourth-order valence-electron chi connectivity index (χ4n) is 2.83. The van der Waals surface area contributed by atoms with Crippen molar-refractivity contribution in [1.29, 1.82) is 0 Å². The van der Waals surface area contributed by atoms with Crippen LogP contribution in [-0.2, 0) is 6.18 Å². The summed E-state index contributed by atoms with van der Waals surface area (Å²) in [5.74, 6) is 1.55. The number of rotatable bonds is 2. The molecule has 0 aliphatic carbocycles. The van der Waals surface area contributed by atoms with Crippen LogP contribution in [0.5, 0.6) is 0 Å². The van der Waals surface area contributed by atoms with Crippen LogP contribution in [0.4, 0.5) is 19.0 Å². The molecule has 1 aromatic rings. The molecule has 1 aromatic heterocycles. The molecule has 0 amide bonds. The molecule has 1 unspecified atom stereocenters. The minimum Gasteiger partial charge on any atom is -0.357 e. The Labute approximate surface area is 128 Å². The number of halogens is 4. The summed E-state index contributed by atoms with van der Waals surface area (Å²) in [4.78, 5) is 5.99. The van der Waals surface area contributed by atoms with E-state index in [0.29, 0.717) is 17.7 Å². The van der Waals surface area contributed by atoms with Crippen LogP contribution in [0.3, 0.4) is 0 Å². The lowest BCUT2D eigenvalue weighted by atomic mass is 9.89. The lowest BCUT2D eigenvalue weighted by Crippen LogP contribution is -2.26. The number of pyridine rings is 1. The predicted octanol–water partition coefficient (Wildman–Crippen LogP) is 5.02. The van der Waals surface area contributed by atoms with Gasteiger partial charge in [-0.2, -0.15) is 13.2 Å². The minimum absolute atomic E-state index is 0.107. The molecule has 2 rings (SSSR count). The molecule has 2 heterocycles. The Kier molecular flexibility index (Phi) is 5.02. The van der Waals surface area contributed by atoms with Crippen molar-refractivity contribution in [1.82, 2.24) is 4.98 Å². The molecule has 0 bridgehead atoms. The van der Waals surface area contributed by atoms with Crippen LogP contribution in [0, 0.1) is 11.8 Å². The van der Waals surface area contributed by atoms with Crippen LogP contribution in [-0.4, -0.2) is 18.1 Å². The first-order chi connectivity index (χ1) is 9.77. The molecule has 0 saturated carbocycles. The van der Waals surface area contributed by atoms with Gasteiger partial charge in [0.05, 0.1) is 5.56 Å². The van der Waals surface area contributed by atoms with Crippen molar-refractivity contribution in [3.05, 3.63) is 22.8 Å². The van der Waals surface area contributed by atoms with Crippen LogP contribution in [0.25, 0.3) is 0 Å². The van der Waals surface area contributed by atoms with Crippen molar-refractivity contribution in [2.24, 2.45) is 11.8 Å². The molecule has 0 radical (unpaired) electrons. The second-order valence-corrected chi connectivity index (χ2v) is 6.34. The highest BCUT2D eigenvalue weighted by atomic mass is 35.5. The Morgan fingerprint density at radius 1 is 1.24 bits per heavy atom. The first kappa shape index (κ1) is 16.4. The molecule has 0 N–H and O–H groups in total. The maximum atomic E-state index is 12.9. The van der Waals surface area contributed by atoms with Gasteiger partial charge < -0.3 is 4.90 Å². The summed E-state index contributed by atoms with van der Waals surface area (Å²) in [7, 11) is 0. The molecule has 1 atom stereocenters. The fraction of sp³-hybridized carbons (Fsp3) is 0.667. The number of hydrogen-bond acceptors (Lipinski definition) is 2. The van der Waals surface area contributed by atoms with E-state index in [0.717, 1.165) is 44.5 Å². The monoisotopic (exact) mass is 320 g/mol. The normalized spacial score (nSPS) is 20.7. The number of nitrogens with zero attached hydrogens (tertiary/aromatic N) is 2. The second-order valence-electron chi connectivity index (χ2n) is 5.96. The highest BCUT2D eigenvalue weighted by Gasteiger charge is 2.32. The average Bonchev–Trinajstić information content (AvgIpc) is 2.62. The molecule has 0 aromatic carbocycles.